The predicted molar refractivity (Wildman–Crippen MR) is 83.0 cm³/mol. The third kappa shape index (κ3) is 2.85. The van der Waals surface area contributed by atoms with Gasteiger partial charge in [0.2, 0.25) is 0 Å². The normalized spacial score (nSPS) is 29.6. The SMILES string of the molecule is CCNC(CC1CC2CCC1C2)c1ccc(OC)cc1. The first-order chi connectivity index (χ1) is 9.80. The van der Waals surface area contributed by atoms with E-state index in [1.165, 1.54) is 37.7 Å². The topological polar surface area (TPSA) is 21.3 Å². The Balaban J connectivity index is 1.68. The molecule has 0 radical (unpaired) electrons. The van der Waals surface area contributed by atoms with Gasteiger partial charge in [0.05, 0.1) is 7.11 Å². The van der Waals surface area contributed by atoms with Crippen molar-refractivity contribution >= 4 is 0 Å². The van der Waals surface area contributed by atoms with Crippen molar-refractivity contribution in [1.82, 2.24) is 5.32 Å². The molecule has 2 bridgehead atoms. The molecule has 1 aromatic carbocycles. The second-order valence-corrected chi connectivity index (χ2v) is 6.55. The van der Waals surface area contributed by atoms with Crippen LogP contribution in [0.3, 0.4) is 0 Å². The van der Waals surface area contributed by atoms with Crippen LogP contribution < -0.4 is 10.1 Å². The van der Waals surface area contributed by atoms with Crippen molar-refractivity contribution in [1.29, 1.82) is 0 Å². The van der Waals surface area contributed by atoms with Crippen LogP contribution in [0.1, 0.15) is 50.6 Å². The molecule has 3 rings (SSSR count). The van der Waals surface area contributed by atoms with Gasteiger partial charge < -0.3 is 10.1 Å². The zero-order valence-corrected chi connectivity index (χ0v) is 12.8. The van der Waals surface area contributed by atoms with E-state index in [1.807, 2.05) is 0 Å². The molecule has 1 aromatic rings. The van der Waals surface area contributed by atoms with Gasteiger partial charge in [0.15, 0.2) is 0 Å². The lowest BCUT2D eigenvalue weighted by atomic mass is 9.82. The van der Waals surface area contributed by atoms with Gasteiger partial charge in [-0.25, -0.2) is 0 Å². The number of fused-ring (bicyclic) bond motifs is 2. The van der Waals surface area contributed by atoms with Crippen molar-refractivity contribution in [2.24, 2.45) is 17.8 Å². The van der Waals surface area contributed by atoms with Gasteiger partial charge in [-0.3, -0.25) is 0 Å². The van der Waals surface area contributed by atoms with E-state index in [9.17, 15) is 0 Å². The summed E-state index contributed by atoms with van der Waals surface area (Å²) in [7, 11) is 1.73. The molecule has 2 aliphatic carbocycles. The average molecular weight is 273 g/mol. The minimum atomic E-state index is 0.509. The zero-order chi connectivity index (χ0) is 13.9. The predicted octanol–water partition coefficient (Wildman–Crippen LogP) is 4.17. The molecule has 0 aromatic heterocycles. The van der Waals surface area contributed by atoms with E-state index >= 15 is 0 Å². The maximum absolute atomic E-state index is 5.26. The average Bonchev–Trinajstić information content (AvgIpc) is 3.09. The standard InChI is InChI=1S/C18H27NO/c1-3-19-18(14-6-8-17(20-2)9-7-14)12-16-11-13-4-5-15(16)10-13/h6-9,13,15-16,18-19H,3-5,10-12H2,1-2H3. The quantitative estimate of drug-likeness (QED) is 0.840. The molecular weight excluding hydrogens is 246 g/mol. The lowest BCUT2D eigenvalue weighted by molar-refractivity contribution is 0.280. The van der Waals surface area contributed by atoms with Gasteiger partial charge in [-0.2, -0.15) is 0 Å². The molecule has 110 valence electrons. The number of benzene rings is 1. The fraction of sp³-hybridized carbons (Fsp3) is 0.667. The Morgan fingerprint density at radius 2 is 2.00 bits per heavy atom. The summed E-state index contributed by atoms with van der Waals surface area (Å²) >= 11 is 0. The maximum atomic E-state index is 5.26. The monoisotopic (exact) mass is 273 g/mol. The molecule has 0 heterocycles. The number of nitrogens with one attached hydrogen (secondary N) is 1. The van der Waals surface area contributed by atoms with E-state index in [-0.39, 0.29) is 0 Å². The summed E-state index contributed by atoms with van der Waals surface area (Å²) < 4.78 is 5.26. The Morgan fingerprint density at radius 3 is 2.55 bits per heavy atom. The second-order valence-electron chi connectivity index (χ2n) is 6.55. The van der Waals surface area contributed by atoms with Crippen molar-refractivity contribution in [2.45, 2.75) is 45.1 Å². The van der Waals surface area contributed by atoms with Crippen molar-refractivity contribution in [3.63, 3.8) is 0 Å². The van der Waals surface area contributed by atoms with Crippen LogP contribution >= 0.6 is 0 Å². The lowest BCUT2D eigenvalue weighted by Gasteiger charge is -2.27. The maximum Gasteiger partial charge on any atom is 0.118 e. The first-order valence-electron chi connectivity index (χ1n) is 8.17. The molecule has 2 saturated carbocycles. The van der Waals surface area contributed by atoms with Gasteiger partial charge in [0.1, 0.15) is 5.75 Å². The number of rotatable bonds is 6. The Hall–Kier alpha value is -1.02. The van der Waals surface area contributed by atoms with E-state index < -0.39 is 0 Å². The summed E-state index contributed by atoms with van der Waals surface area (Å²) in [5.41, 5.74) is 1.41. The summed E-state index contributed by atoms with van der Waals surface area (Å²) in [6.45, 7) is 3.24. The smallest absolute Gasteiger partial charge is 0.118 e. The van der Waals surface area contributed by atoms with Crippen LogP contribution in [-0.4, -0.2) is 13.7 Å². The molecule has 20 heavy (non-hydrogen) atoms. The van der Waals surface area contributed by atoms with E-state index in [0.717, 1.165) is 30.0 Å². The van der Waals surface area contributed by atoms with Gasteiger partial charge in [-0.05, 0) is 67.7 Å². The zero-order valence-electron chi connectivity index (χ0n) is 12.8. The van der Waals surface area contributed by atoms with Crippen molar-refractivity contribution in [3.05, 3.63) is 29.8 Å². The molecule has 0 aliphatic heterocycles. The molecule has 2 nitrogen and oxygen atoms in total. The second kappa shape index (κ2) is 6.17. The van der Waals surface area contributed by atoms with Crippen LogP contribution in [0.15, 0.2) is 24.3 Å². The van der Waals surface area contributed by atoms with Gasteiger partial charge in [0, 0.05) is 6.04 Å². The summed E-state index contributed by atoms with van der Waals surface area (Å²) in [5, 5.41) is 3.68. The molecular formula is C18H27NO. The molecule has 0 spiro atoms. The van der Waals surface area contributed by atoms with Crippen LogP contribution in [0.4, 0.5) is 0 Å². The van der Waals surface area contributed by atoms with Crippen LogP contribution in [0.25, 0.3) is 0 Å². The molecule has 2 fully saturated rings. The highest BCUT2D eigenvalue weighted by molar-refractivity contribution is 5.29. The molecule has 2 heteroatoms. The summed E-state index contributed by atoms with van der Waals surface area (Å²) in [6.07, 6.45) is 7.27. The van der Waals surface area contributed by atoms with Crippen LogP contribution in [-0.2, 0) is 0 Å². The third-order valence-corrected chi connectivity index (χ3v) is 5.39. The number of ether oxygens (including phenoxy) is 1. The van der Waals surface area contributed by atoms with Crippen molar-refractivity contribution in [3.8, 4) is 5.75 Å². The third-order valence-electron chi connectivity index (χ3n) is 5.39. The molecule has 1 N–H and O–H groups in total. The van der Waals surface area contributed by atoms with Gasteiger partial charge in [0.25, 0.3) is 0 Å². The minimum absolute atomic E-state index is 0.509. The molecule has 0 amide bonds. The number of hydrogen-bond acceptors (Lipinski definition) is 2. The van der Waals surface area contributed by atoms with Crippen LogP contribution in [0, 0.1) is 17.8 Å². The Morgan fingerprint density at radius 1 is 1.20 bits per heavy atom. The van der Waals surface area contributed by atoms with Gasteiger partial charge in [-0.15, -0.1) is 0 Å². The Kier molecular flexibility index (Phi) is 4.30. The van der Waals surface area contributed by atoms with E-state index in [2.05, 4.69) is 36.5 Å². The minimum Gasteiger partial charge on any atom is -0.497 e. The highest BCUT2D eigenvalue weighted by Gasteiger charge is 2.40. The number of methoxy groups -OCH3 is 1. The summed E-state index contributed by atoms with van der Waals surface area (Å²) in [4.78, 5) is 0. The Labute approximate surface area is 122 Å². The Bertz CT molecular complexity index is 428. The lowest BCUT2D eigenvalue weighted by Crippen LogP contribution is -2.25. The fourth-order valence-electron chi connectivity index (χ4n) is 4.39. The van der Waals surface area contributed by atoms with Crippen molar-refractivity contribution < 1.29 is 4.74 Å². The van der Waals surface area contributed by atoms with Gasteiger partial charge >= 0.3 is 0 Å². The fourth-order valence-corrected chi connectivity index (χ4v) is 4.39. The number of hydrogen-bond donors (Lipinski definition) is 1. The summed E-state index contributed by atoms with van der Waals surface area (Å²) in [6, 6.07) is 9.12. The molecule has 0 saturated heterocycles. The largest absolute Gasteiger partial charge is 0.497 e. The molecule has 2 aliphatic rings. The molecule has 4 unspecified atom stereocenters. The van der Waals surface area contributed by atoms with E-state index in [4.69, 9.17) is 4.74 Å². The van der Waals surface area contributed by atoms with E-state index in [0.29, 0.717) is 6.04 Å². The highest BCUT2D eigenvalue weighted by Crippen LogP contribution is 2.50. The van der Waals surface area contributed by atoms with Crippen LogP contribution in [0.5, 0.6) is 5.75 Å². The van der Waals surface area contributed by atoms with Crippen molar-refractivity contribution in [2.75, 3.05) is 13.7 Å². The first-order valence-corrected chi connectivity index (χ1v) is 8.17. The molecule has 4 atom stereocenters. The highest BCUT2D eigenvalue weighted by atomic mass is 16.5. The first kappa shape index (κ1) is 13.9. The van der Waals surface area contributed by atoms with E-state index in [1.54, 1.807) is 7.11 Å². The summed E-state index contributed by atoms with van der Waals surface area (Å²) in [5.74, 6) is 3.95. The van der Waals surface area contributed by atoms with Crippen LogP contribution in [0.2, 0.25) is 0 Å². The van der Waals surface area contributed by atoms with Gasteiger partial charge in [-0.1, -0.05) is 25.5 Å².